The number of benzene rings is 1. The number of rotatable bonds is 10. The number of imidazole rings is 1. The lowest BCUT2D eigenvalue weighted by Crippen LogP contribution is -2.32. The third-order valence-corrected chi connectivity index (χ3v) is 7.10. The molecule has 1 aliphatic heterocycles. The Balaban J connectivity index is 0.000000338. The van der Waals surface area contributed by atoms with Crippen molar-refractivity contribution in [2.45, 2.75) is 40.1 Å². The Kier molecular flexibility index (Phi) is 9.41. The Labute approximate surface area is 210 Å². The highest BCUT2D eigenvalue weighted by atomic mass is 19.4. The zero-order chi connectivity index (χ0) is 26.5. The molecule has 2 aromatic rings. The van der Waals surface area contributed by atoms with Crippen LogP contribution in [0.5, 0.6) is 5.75 Å². The van der Waals surface area contributed by atoms with Crippen LogP contribution >= 0.6 is 0 Å². The van der Waals surface area contributed by atoms with Crippen LogP contribution in [0.1, 0.15) is 43.2 Å². The summed E-state index contributed by atoms with van der Waals surface area (Å²) in [5, 5.41) is 12.9. The van der Waals surface area contributed by atoms with E-state index in [1.165, 1.54) is 50.7 Å². The quantitative estimate of drug-likeness (QED) is 0.461. The number of hydrogen-bond acceptors (Lipinski definition) is 4. The number of likely N-dealkylation sites (tertiary alicyclic amines) is 1. The number of aromatic carboxylic acids is 1. The first kappa shape index (κ1) is 28.0. The summed E-state index contributed by atoms with van der Waals surface area (Å²) in [7, 11) is 1.72. The number of carbonyl (C=O) groups is 1. The van der Waals surface area contributed by atoms with E-state index in [9.17, 15) is 18.0 Å². The molecule has 1 aliphatic carbocycles. The van der Waals surface area contributed by atoms with Crippen molar-refractivity contribution in [1.29, 1.82) is 0 Å². The van der Waals surface area contributed by atoms with Crippen LogP contribution in [0.15, 0.2) is 36.8 Å². The van der Waals surface area contributed by atoms with Crippen LogP contribution in [0.4, 0.5) is 13.2 Å². The van der Waals surface area contributed by atoms with E-state index >= 15 is 0 Å². The van der Waals surface area contributed by atoms with Gasteiger partial charge in [-0.15, -0.1) is 26.3 Å². The van der Waals surface area contributed by atoms with Gasteiger partial charge in [-0.05, 0) is 35.8 Å². The molecule has 1 N–H and O–H groups in total. The van der Waals surface area contributed by atoms with Crippen molar-refractivity contribution in [2.24, 2.45) is 36.6 Å². The topological polar surface area (TPSA) is 81.7 Å². The number of piperidine rings is 1. The molecule has 3 atom stereocenters. The summed E-state index contributed by atoms with van der Waals surface area (Å²) >= 11 is 0. The fraction of sp³-hybridized carbons (Fsp3) is 0.615. The number of hydrogen-bond donors (Lipinski definition) is 1. The molecule has 0 spiro atoms. The lowest BCUT2D eigenvalue weighted by molar-refractivity contribution is -0.274. The molecular formula is C26H36F3N4O3-. The number of carboxylic acids is 1. The largest absolute Gasteiger partial charge is 0.658 e. The van der Waals surface area contributed by atoms with Gasteiger partial charge in [0.1, 0.15) is 5.75 Å². The van der Waals surface area contributed by atoms with Gasteiger partial charge in [-0.25, -0.2) is 9.78 Å². The molecule has 1 saturated heterocycles. The van der Waals surface area contributed by atoms with Crippen LogP contribution in [0, 0.1) is 29.6 Å². The Morgan fingerprint density at radius 1 is 1.28 bits per heavy atom. The number of nitrogens with zero attached hydrogens (tertiary/aromatic N) is 4. The molecule has 2 heterocycles. The minimum absolute atomic E-state index is 0.0810. The molecule has 4 rings (SSSR count). The maximum atomic E-state index is 12.3. The molecule has 10 heteroatoms. The molecule has 200 valence electrons. The first-order valence-corrected chi connectivity index (χ1v) is 12.4. The minimum Gasteiger partial charge on any atom is -0.658 e. The summed E-state index contributed by atoms with van der Waals surface area (Å²) in [4.78, 5) is 16.3. The molecule has 2 aliphatic rings. The lowest BCUT2D eigenvalue weighted by Gasteiger charge is -2.28. The molecule has 36 heavy (non-hydrogen) atoms. The van der Waals surface area contributed by atoms with Crippen molar-refractivity contribution < 1.29 is 27.8 Å². The van der Waals surface area contributed by atoms with Gasteiger partial charge in [-0.1, -0.05) is 50.8 Å². The predicted octanol–water partition coefficient (Wildman–Crippen LogP) is 5.44. The average molecular weight is 510 g/mol. The number of ether oxygens (including phenoxy) is 1. The highest BCUT2D eigenvalue weighted by Crippen LogP contribution is 2.52. The molecular weight excluding hydrogens is 473 g/mol. The highest BCUT2D eigenvalue weighted by molar-refractivity contribution is 5.84. The number of aryl methyl sites for hydroxylation is 1. The predicted molar refractivity (Wildman–Crippen MR) is 131 cm³/mol. The van der Waals surface area contributed by atoms with Gasteiger partial charge in [-0.3, -0.25) is 0 Å². The zero-order valence-electron chi connectivity index (χ0n) is 21.3. The van der Waals surface area contributed by atoms with Crippen LogP contribution in [-0.2, 0) is 13.6 Å². The first-order chi connectivity index (χ1) is 17.0. The summed E-state index contributed by atoms with van der Waals surface area (Å²) in [6.07, 6.45) is -0.523. The van der Waals surface area contributed by atoms with Gasteiger partial charge in [0, 0.05) is 32.9 Å². The smallest absolute Gasteiger partial charge is 0.573 e. The van der Waals surface area contributed by atoms with Crippen LogP contribution in [0.25, 0.3) is 5.32 Å². The molecule has 2 fully saturated rings. The molecule has 7 nitrogen and oxygen atoms in total. The van der Waals surface area contributed by atoms with Crippen molar-refractivity contribution in [2.75, 3.05) is 26.2 Å². The Hall–Kier alpha value is -2.59. The summed E-state index contributed by atoms with van der Waals surface area (Å²) in [5.41, 5.74) is 0.837. The van der Waals surface area contributed by atoms with E-state index in [1.807, 2.05) is 0 Å². The van der Waals surface area contributed by atoms with Crippen molar-refractivity contribution in [3.8, 4) is 5.75 Å². The third kappa shape index (κ3) is 8.23. The molecule has 1 aromatic heterocycles. The molecule has 1 aromatic carbocycles. The van der Waals surface area contributed by atoms with Crippen LogP contribution in [0.3, 0.4) is 0 Å². The van der Waals surface area contributed by atoms with Crippen LogP contribution in [-0.4, -0.2) is 58.1 Å². The van der Waals surface area contributed by atoms with Gasteiger partial charge in [-0.2, -0.15) is 0 Å². The van der Waals surface area contributed by atoms with Crippen molar-refractivity contribution in [1.82, 2.24) is 14.5 Å². The van der Waals surface area contributed by atoms with Gasteiger partial charge in [0.2, 0.25) is 0 Å². The number of halogens is 3. The molecule has 0 amide bonds. The fourth-order valence-electron chi connectivity index (χ4n) is 5.01. The van der Waals surface area contributed by atoms with E-state index in [0.717, 1.165) is 35.8 Å². The summed E-state index contributed by atoms with van der Waals surface area (Å²) in [6.45, 7) is 11.7. The van der Waals surface area contributed by atoms with E-state index in [2.05, 4.69) is 40.7 Å². The van der Waals surface area contributed by atoms with Crippen molar-refractivity contribution in [3.05, 3.63) is 53.4 Å². The SMILES string of the molecule is CCC(CN1CC2C(C[N-]Cc3cccc(OC(F)(F)F)c3)C2C1)C(C)C.Cn1cnc(C(=O)O)c1. The second-order valence-corrected chi connectivity index (χ2v) is 10.1. The number of aromatic nitrogens is 2. The minimum atomic E-state index is -4.65. The summed E-state index contributed by atoms with van der Waals surface area (Å²) in [6, 6.07) is 6.11. The summed E-state index contributed by atoms with van der Waals surface area (Å²) in [5.74, 6) is 2.53. The highest BCUT2D eigenvalue weighted by Gasteiger charge is 2.53. The normalized spacial score (nSPS) is 22.1. The van der Waals surface area contributed by atoms with E-state index in [-0.39, 0.29) is 11.4 Å². The van der Waals surface area contributed by atoms with Gasteiger partial charge in [0.15, 0.2) is 5.69 Å². The zero-order valence-corrected chi connectivity index (χ0v) is 21.3. The Morgan fingerprint density at radius 2 is 1.97 bits per heavy atom. The van der Waals surface area contributed by atoms with E-state index in [0.29, 0.717) is 12.5 Å². The lowest BCUT2D eigenvalue weighted by atomic mass is 9.93. The molecule has 0 radical (unpaired) electrons. The van der Waals surface area contributed by atoms with Gasteiger partial charge < -0.3 is 24.6 Å². The standard InChI is InChI=1S/C21H30F3N2O.C5H6N2O2/c1-4-16(14(2)3)11-26-12-19-18(20(19)13-26)10-25-9-15-6-5-7-17(8-15)27-21(22,23)24;1-7-2-4(5(8)9)6-3-7/h5-8,14,16,18-20H,4,9-13H2,1-3H3;2-3H,1H3,(H,8,9)/q-1;. The second kappa shape index (κ2) is 12.1. The van der Waals surface area contributed by atoms with E-state index in [4.69, 9.17) is 5.11 Å². The maximum absolute atomic E-state index is 12.3. The molecule has 1 saturated carbocycles. The van der Waals surface area contributed by atoms with Gasteiger partial charge in [0.25, 0.3) is 0 Å². The summed E-state index contributed by atoms with van der Waals surface area (Å²) < 4.78 is 42.4. The fourth-order valence-corrected chi connectivity index (χ4v) is 5.01. The number of fused-ring (bicyclic) bond motifs is 1. The van der Waals surface area contributed by atoms with Gasteiger partial charge >= 0.3 is 12.3 Å². The monoisotopic (exact) mass is 509 g/mol. The number of carboxylic acid groups (broad SMARTS) is 1. The Morgan fingerprint density at radius 3 is 2.47 bits per heavy atom. The van der Waals surface area contributed by atoms with Gasteiger partial charge in [0.05, 0.1) is 6.33 Å². The van der Waals surface area contributed by atoms with Crippen LogP contribution in [0.2, 0.25) is 0 Å². The van der Waals surface area contributed by atoms with Crippen LogP contribution < -0.4 is 4.74 Å². The van der Waals surface area contributed by atoms with Crippen molar-refractivity contribution in [3.63, 3.8) is 0 Å². The van der Waals surface area contributed by atoms with E-state index in [1.54, 1.807) is 23.7 Å². The number of alkyl halides is 3. The second-order valence-electron chi connectivity index (χ2n) is 10.1. The maximum Gasteiger partial charge on any atom is 0.573 e. The molecule has 0 bridgehead atoms. The third-order valence-electron chi connectivity index (χ3n) is 7.10. The molecule has 3 unspecified atom stereocenters. The van der Waals surface area contributed by atoms with E-state index < -0.39 is 12.3 Å². The Bertz CT molecular complexity index is 983. The average Bonchev–Trinajstić information content (AvgIpc) is 3.12. The first-order valence-electron chi connectivity index (χ1n) is 12.4. The van der Waals surface area contributed by atoms with Crippen molar-refractivity contribution >= 4 is 5.97 Å².